The summed E-state index contributed by atoms with van der Waals surface area (Å²) in [6.07, 6.45) is 3.17. The second-order valence-corrected chi connectivity index (χ2v) is 4.11. The standard InChI is InChI=1S/C10H16O2/c1-8-5-4-6-10(2,3)9(8)12-7-11/h7,9H,1,4-6H2,2-3H3. The molecule has 1 atom stereocenters. The quantitative estimate of drug-likeness (QED) is 0.467. The van der Waals surface area contributed by atoms with Gasteiger partial charge < -0.3 is 4.74 Å². The van der Waals surface area contributed by atoms with Crippen molar-refractivity contribution in [2.45, 2.75) is 39.2 Å². The summed E-state index contributed by atoms with van der Waals surface area (Å²) >= 11 is 0. The van der Waals surface area contributed by atoms with E-state index in [0.717, 1.165) is 24.8 Å². The van der Waals surface area contributed by atoms with Gasteiger partial charge in [0.1, 0.15) is 6.10 Å². The van der Waals surface area contributed by atoms with Gasteiger partial charge in [0.2, 0.25) is 0 Å². The first-order valence-corrected chi connectivity index (χ1v) is 4.35. The summed E-state index contributed by atoms with van der Waals surface area (Å²) in [6.45, 7) is 8.69. The molecule has 0 radical (unpaired) electrons. The zero-order chi connectivity index (χ0) is 9.19. The molecule has 0 aromatic heterocycles. The molecule has 0 N–H and O–H groups in total. The molecule has 12 heavy (non-hydrogen) atoms. The number of hydrogen-bond donors (Lipinski definition) is 0. The fourth-order valence-electron chi connectivity index (χ4n) is 1.92. The lowest BCUT2D eigenvalue weighted by atomic mass is 9.73. The SMILES string of the molecule is C=C1CCCC(C)(C)C1OC=O. The van der Waals surface area contributed by atoms with Crippen LogP contribution in [0.1, 0.15) is 33.1 Å². The van der Waals surface area contributed by atoms with Gasteiger partial charge in [-0.15, -0.1) is 0 Å². The normalized spacial score (nSPS) is 28.2. The van der Waals surface area contributed by atoms with Crippen molar-refractivity contribution < 1.29 is 9.53 Å². The van der Waals surface area contributed by atoms with E-state index >= 15 is 0 Å². The van der Waals surface area contributed by atoms with E-state index in [1.54, 1.807) is 0 Å². The Labute approximate surface area is 73.6 Å². The highest BCUT2D eigenvalue weighted by atomic mass is 16.5. The Bertz CT molecular complexity index is 194. The van der Waals surface area contributed by atoms with Crippen LogP contribution >= 0.6 is 0 Å². The summed E-state index contributed by atoms with van der Waals surface area (Å²) in [5, 5.41) is 0. The van der Waals surface area contributed by atoms with Crippen LogP contribution in [0.2, 0.25) is 0 Å². The molecule has 0 saturated heterocycles. The van der Waals surface area contributed by atoms with Gasteiger partial charge in [-0.25, -0.2) is 0 Å². The maximum atomic E-state index is 10.2. The average molecular weight is 168 g/mol. The summed E-state index contributed by atoms with van der Waals surface area (Å²) in [7, 11) is 0. The number of carbonyl (C=O) groups excluding carboxylic acids is 1. The Morgan fingerprint density at radius 1 is 1.67 bits per heavy atom. The molecule has 0 aromatic carbocycles. The van der Waals surface area contributed by atoms with Crippen LogP contribution in [0.25, 0.3) is 0 Å². The highest BCUT2D eigenvalue weighted by Crippen LogP contribution is 2.39. The maximum Gasteiger partial charge on any atom is 0.293 e. The molecule has 1 aliphatic carbocycles. The third kappa shape index (κ3) is 1.68. The van der Waals surface area contributed by atoms with E-state index in [1.807, 2.05) is 0 Å². The van der Waals surface area contributed by atoms with Crippen molar-refractivity contribution in [1.82, 2.24) is 0 Å². The molecule has 0 aromatic rings. The molecule has 1 aliphatic rings. The van der Waals surface area contributed by atoms with Crippen LogP contribution in [0, 0.1) is 5.41 Å². The van der Waals surface area contributed by atoms with E-state index in [4.69, 9.17) is 4.74 Å². The van der Waals surface area contributed by atoms with Crippen LogP contribution in [-0.4, -0.2) is 12.6 Å². The molecule has 0 spiro atoms. The fraction of sp³-hybridized carbons (Fsp3) is 0.700. The minimum Gasteiger partial charge on any atom is -0.459 e. The van der Waals surface area contributed by atoms with Gasteiger partial charge in [-0.3, -0.25) is 4.79 Å². The molecule has 0 bridgehead atoms. The number of rotatable bonds is 2. The molecule has 68 valence electrons. The van der Waals surface area contributed by atoms with Gasteiger partial charge in [-0.1, -0.05) is 20.4 Å². The minimum absolute atomic E-state index is 0.0657. The molecule has 0 heterocycles. The van der Waals surface area contributed by atoms with Gasteiger partial charge in [-0.2, -0.15) is 0 Å². The first-order valence-electron chi connectivity index (χ1n) is 4.35. The minimum atomic E-state index is -0.0799. The van der Waals surface area contributed by atoms with Gasteiger partial charge in [0.15, 0.2) is 0 Å². The third-order valence-electron chi connectivity index (χ3n) is 2.59. The molecular weight excluding hydrogens is 152 g/mol. The van der Waals surface area contributed by atoms with Crippen molar-refractivity contribution in [3.63, 3.8) is 0 Å². The van der Waals surface area contributed by atoms with Crippen molar-refractivity contribution in [3.8, 4) is 0 Å². The van der Waals surface area contributed by atoms with E-state index in [-0.39, 0.29) is 11.5 Å². The van der Waals surface area contributed by atoms with Gasteiger partial charge in [0.25, 0.3) is 6.47 Å². The van der Waals surface area contributed by atoms with Crippen molar-refractivity contribution in [2.24, 2.45) is 5.41 Å². The van der Waals surface area contributed by atoms with E-state index in [9.17, 15) is 4.79 Å². The third-order valence-corrected chi connectivity index (χ3v) is 2.59. The van der Waals surface area contributed by atoms with Gasteiger partial charge in [0, 0.05) is 5.41 Å². The van der Waals surface area contributed by atoms with E-state index in [0.29, 0.717) is 6.47 Å². The van der Waals surface area contributed by atoms with Gasteiger partial charge >= 0.3 is 0 Å². The van der Waals surface area contributed by atoms with Crippen LogP contribution in [0.15, 0.2) is 12.2 Å². The Hall–Kier alpha value is -0.790. The summed E-state index contributed by atoms with van der Waals surface area (Å²) in [5.41, 5.74) is 1.12. The molecule has 0 amide bonds. The smallest absolute Gasteiger partial charge is 0.293 e. The zero-order valence-electron chi connectivity index (χ0n) is 7.80. The van der Waals surface area contributed by atoms with E-state index < -0.39 is 0 Å². The van der Waals surface area contributed by atoms with Crippen LogP contribution in [0.3, 0.4) is 0 Å². The second-order valence-electron chi connectivity index (χ2n) is 4.11. The molecule has 1 unspecified atom stereocenters. The first kappa shape index (κ1) is 9.30. The number of ether oxygens (including phenoxy) is 1. The second kappa shape index (κ2) is 3.30. The Morgan fingerprint density at radius 3 is 2.83 bits per heavy atom. The molecular formula is C10H16O2. The van der Waals surface area contributed by atoms with E-state index in [2.05, 4.69) is 20.4 Å². The highest BCUT2D eigenvalue weighted by molar-refractivity contribution is 5.39. The average Bonchev–Trinajstić information content (AvgIpc) is 1.97. The predicted molar refractivity (Wildman–Crippen MR) is 47.7 cm³/mol. The van der Waals surface area contributed by atoms with Crippen molar-refractivity contribution in [1.29, 1.82) is 0 Å². The predicted octanol–water partition coefficient (Wildman–Crippen LogP) is 2.29. The number of hydrogen-bond acceptors (Lipinski definition) is 2. The lowest BCUT2D eigenvalue weighted by molar-refractivity contribution is -0.138. The summed E-state index contributed by atoms with van der Waals surface area (Å²) < 4.78 is 5.03. The summed E-state index contributed by atoms with van der Waals surface area (Å²) in [6, 6.07) is 0. The van der Waals surface area contributed by atoms with Crippen molar-refractivity contribution in [2.75, 3.05) is 0 Å². The zero-order valence-corrected chi connectivity index (χ0v) is 7.80. The topological polar surface area (TPSA) is 26.3 Å². The largest absolute Gasteiger partial charge is 0.459 e. The summed E-state index contributed by atoms with van der Waals surface area (Å²) in [5.74, 6) is 0. The Balaban J connectivity index is 2.73. The molecule has 1 rings (SSSR count). The van der Waals surface area contributed by atoms with Crippen LogP contribution < -0.4 is 0 Å². The lowest BCUT2D eigenvalue weighted by Gasteiger charge is -2.38. The molecule has 2 heteroatoms. The van der Waals surface area contributed by atoms with Crippen molar-refractivity contribution in [3.05, 3.63) is 12.2 Å². The lowest BCUT2D eigenvalue weighted by Crippen LogP contribution is -2.36. The number of carbonyl (C=O) groups is 1. The maximum absolute atomic E-state index is 10.2. The van der Waals surface area contributed by atoms with Crippen molar-refractivity contribution >= 4 is 6.47 Å². The fourth-order valence-corrected chi connectivity index (χ4v) is 1.92. The van der Waals surface area contributed by atoms with Gasteiger partial charge in [-0.05, 0) is 24.8 Å². The molecule has 0 aliphatic heterocycles. The highest BCUT2D eigenvalue weighted by Gasteiger charge is 2.35. The van der Waals surface area contributed by atoms with E-state index in [1.165, 1.54) is 0 Å². The van der Waals surface area contributed by atoms with Crippen LogP contribution in [0.5, 0.6) is 0 Å². The van der Waals surface area contributed by atoms with Crippen LogP contribution in [0.4, 0.5) is 0 Å². The monoisotopic (exact) mass is 168 g/mol. The summed E-state index contributed by atoms with van der Waals surface area (Å²) in [4.78, 5) is 10.2. The Kier molecular flexibility index (Phi) is 2.55. The first-order chi connectivity index (χ1) is 5.58. The Morgan fingerprint density at radius 2 is 2.33 bits per heavy atom. The molecule has 1 saturated carbocycles. The van der Waals surface area contributed by atoms with Gasteiger partial charge in [0.05, 0.1) is 0 Å². The molecule has 1 fully saturated rings. The molecule has 2 nitrogen and oxygen atoms in total. The van der Waals surface area contributed by atoms with Crippen LogP contribution in [-0.2, 0) is 9.53 Å².